The summed E-state index contributed by atoms with van der Waals surface area (Å²) in [6.45, 7) is 1.17. The van der Waals surface area contributed by atoms with Gasteiger partial charge in [0, 0.05) is 30.1 Å². The van der Waals surface area contributed by atoms with Gasteiger partial charge in [-0.1, -0.05) is 43.2 Å². The average molecular weight is 389 g/mol. The molecule has 0 bridgehead atoms. The van der Waals surface area contributed by atoms with Crippen LogP contribution in [0.5, 0.6) is 0 Å². The summed E-state index contributed by atoms with van der Waals surface area (Å²) in [6.07, 6.45) is 10.3. The second-order valence-corrected chi connectivity index (χ2v) is 7.47. The maximum Gasteiger partial charge on any atom is 0.293 e. The van der Waals surface area contributed by atoms with E-state index >= 15 is 0 Å². The summed E-state index contributed by atoms with van der Waals surface area (Å²) in [5.41, 5.74) is 3.61. The predicted octanol–water partition coefficient (Wildman–Crippen LogP) is 2.69. The molecule has 3 aromatic heterocycles. The topological polar surface area (TPSA) is 92.9 Å². The van der Waals surface area contributed by atoms with Crippen LogP contribution in [0.15, 0.2) is 53.7 Å². The van der Waals surface area contributed by atoms with Gasteiger partial charge < -0.3 is 10.3 Å². The zero-order valence-corrected chi connectivity index (χ0v) is 16.1. The van der Waals surface area contributed by atoms with E-state index in [4.69, 9.17) is 5.10 Å². The molecule has 0 spiro atoms. The largest absolute Gasteiger partial charge is 0.324 e. The molecule has 0 amide bonds. The van der Waals surface area contributed by atoms with Crippen molar-refractivity contribution in [3.8, 4) is 11.3 Å². The van der Waals surface area contributed by atoms with Crippen LogP contribution in [0.1, 0.15) is 43.1 Å². The summed E-state index contributed by atoms with van der Waals surface area (Å²) in [5.74, 6) is 0.704. The molecule has 3 heterocycles. The smallest absolute Gasteiger partial charge is 0.293 e. The van der Waals surface area contributed by atoms with Crippen LogP contribution < -0.4 is 10.9 Å². The van der Waals surface area contributed by atoms with E-state index < -0.39 is 0 Å². The van der Waals surface area contributed by atoms with E-state index in [0.29, 0.717) is 30.6 Å². The number of nitrogens with one attached hydrogen (secondary N) is 2. The highest BCUT2D eigenvalue weighted by atomic mass is 16.1. The molecule has 8 heteroatoms. The van der Waals surface area contributed by atoms with Crippen molar-refractivity contribution in [1.29, 1.82) is 0 Å². The quantitative estimate of drug-likeness (QED) is 0.529. The zero-order valence-electron chi connectivity index (χ0n) is 16.1. The molecule has 1 aliphatic carbocycles. The first-order chi connectivity index (χ1) is 14.3. The number of hydrogen-bond donors (Lipinski definition) is 2. The van der Waals surface area contributed by atoms with Crippen LogP contribution in [0.25, 0.3) is 16.9 Å². The fourth-order valence-electron chi connectivity index (χ4n) is 4.18. The summed E-state index contributed by atoms with van der Waals surface area (Å²) in [4.78, 5) is 14.4. The van der Waals surface area contributed by atoms with Gasteiger partial charge in [-0.2, -0.15) is 5.10 Å². The van der Waals surface area contributed by atoms with Gasteiger partial charge in [-0.05, 0) is 12.8 Å². The number of rotatable bonds is 6. The van der Waals surface area contributed by atoms with E-state index in [1.807, 2.05) is 12.3 Å². The summed E-state index contributed by atoms with van der Waals surface area (Å²) < 4.78 is 3.93. The van der Waals surface area contributed by atoms with Gasteiger partial charge in [0.15, 0.2) is 5.82 Å². The molecule has 0 aliphatic heterocycles. The Kier molecular flexibility index (Phi) is 4.69. The van der Waals surface area contributed by atoms with E-state index in [9.17, 15) is 4.79 Å². The Hall–Kier alpha value is -3.26. The SMILES string of the molecule is O=c1[nH]ccn2c(CNCc3cnn(C4CCCC4)c3-c3ccccc3)nnc12. The average Bonchev–Trinajstić information content (AvgIpc) is 3.49. The highest BCUT2D eigenvalue weighted by molar-refractivity contribution is 5.63. The Bertz CT molecular complexity index is 1170. The molecule has 29 heavy (non-hydrogen) atoms. The van der Waals surface area contributed by atoms with Crippen molar-refractivity contribution in [3.05, 3.63) is 70.7 Å². The van der Waals surface area contributed by atoms with Gasteiger partial charge in [0.25, 0.3) is 5.56 Å². The minimum atomic E-state index is -0.240. The van der Waals surface area contributed by atoms with Crippen molar-refractivity contribution in [2.24, 2.45) is 0 Å². The number of fused-ring (bicyclic) bond motifs is 1. The highest BCUT2D eigenvalue weighted by Gasteiger charge is 2.23. The van der Waals surface area contributed by atoms with Crippen molar-refractivity contribution in [3.63, 3.8) is 0 Å². The third-order valence-electron chi connectivity index (χ3n) is 5.60. The van der Waals surface area contributed by atoms with Gasteiger partial charge >= 0.3 is 0 Å². The molecule has 4 aromatic rings. The summed E-state index contributed by atoms with van der Waals surface area (Å²) in [6, 6.07) is 10.9. The Morgan fingerprint density at radius 3 is 2.76 bits per heavy atom. The van der Waals surface area contributed by atoms with Gasteiger partial charge in [0.05, 0.1) is 24.5 Å². The Morgan fingerprint density at radius 2 is 1.93 bits per heavy atom. The minimum Gasteiger partial charge on any atom is -0.324 e. The van der Waals surface area contributed by atoms with Gasteiger partial charge in [0.2, 0.25) is 5.65 Å². The molecule has 5 rings (SSSR count). The number of hydrogen-bond acceptors (Lipinski definition) is 5. The van der Waals surface area contributed by atoms with Crippen LogP contribution in [0.2, 0.25) is 0 Å². The standard InChI is InChI=1S/C21H23N7O/c29-21-20-26-25-18(27(20)11-10-23-21)14-22-12-16-13-24-28(17-8-4-5-9-17)19(16)15-6-2-1-3-7-15/h1-3,6-7,10-11,13,17,22H,4-5,8-9,12,14H2,(H,23,29). The number of aromatic nitrogens is 6. The number of benzene rings is 1. The second-order valence-electron chi connectivity index (χ2n) is 7.47. The minimum absolute atomic E-state index is 0.240. The van der Waals surface area contributed by atoms with E-state index in [-0.39, 0.29) is 5.56 Å². The van der Waals surface area contributed by atoms with Crippen LogP contribution in [-0.2, 0) is 13.1 Å². The molecule has 1 fully saturated rings. The monoisotopic (exact) mass is 389 g/mol. The molecule has 8 nitrogen and oxygen atoms in total. The molecular weight excluding hydrogens is 366 g/mol. The molecule has 0 unspecified atom stereocenters. The van der Waals surface area contributed by atoms with Crippen molar-refractivity contribution in [1.82, 2.24) is 34.7 Å². The highest BCUT2D eigenvalue weighted by Crippen LogP contribution is 2.34. The first-order valence-electron chi connectivity index (χ1n) is 10.0. The fourth-order valence-corrected chi connectivity index (χ4v) is 4.18. The summed E-state index contributed by atoms with van der Waals surface area (Å²) >= 11 is 0. The third kappa shape index (κ3) is 3.36. The maximum atomic E-state index is 11.8. The first kappa shape index (κ1) is 17.8. The van der Waals surface area contributed by atoms with Crippen LogP contribution >= 0.6 is 0 Å². The summed E-state index contributed by atoms with van der Waals surface area (Å²) in [5, 5.41) is 16.3. The van der Waals surface area contributed by atoms with Crippen LogP contribution in [0.4, 0.5) is 0 Å². The van der Waals surface area contributed by atoms with Gasteiger partial charge in [-0.15, -0.1) is 10.2 Å². The van der Waals surface area contributed by atoms with E-state index in [1.54, 1.807) is 16.8 Å². The fraction of sp³-hybridized carbons (Fsp3) is 0.333. The van der Waals surface area contributed by atoms with Crippen molar-refractivity contribution < 1.29 is 0 Å². The van der Waals surface area contributed by atoms with Gasteiger partial charge in [0.1, 0.15) is 0 Å². The number of aromatic amines is 1. The molecule has 0 saturated heterocycles. The molecular formula is C21H23N7O. The summed E-state index contributed by atoms with van der Waals surface area (Å²) in [7, 11) is 0. The van der Waals surface area contributed by atoms with E-state index in [1.165, 1.54) is 36.9 Å². The Morgan fingerprint density at radius 1 is 1.10 bits per heavy atom. The zero-order chi connectivity index (χ0) is 19.6. The molecule has 0 atom stereocenters. The van der Waals surface area contributed by atoms with Crippen LogP contribution in [-0.4, -0.2) is 29.4 Å². The molecule has 148 valence electrons. The third-order valence-corrected chi connectivity index (χ3v) is 5.60. The first-order valence-corrected chi connectivity index (χ1v) is 10.0. The lowest BCUT2D eigenvalue weighted by Crippen LogP contribution is -2.17. The lowest BCUT2D eigenvalue weighted by atomic mass is 10.1. The molecule has 0 radical (unpaired) electrons. The molecule has 2 N–H and O–H groups in total. The molecule has 1 saturated carbocycles. The van der Waals surface area contributed by atoms with Crippen molar-refractivity contribution in [2.45, 2.75) is 44.8 Å². The maximum absolute atomic E-state index is 11.8. The second kappa shape index (κ2) is 7.63. The molecule has 1 aliphatic rings. The lowest BCUT2D eigenvalue weighted by Gasteiger charge is -2.16. The number of H-pyrrole nitrogens is 1. The normalized spacial score (nSPS) is 14.8. The van der Waals surface area contributed by atoms with Gasteiger partial charge in [-0.3, -0.25) is 13.9 Å². The number of nitrogens with zero attached hydrogens (tertiary/aromatic N) is 5. The van der Waals surface area contributed by atoms with Crippen molar-refractivity contribution >= 4 is 5.65 Å². The van der Waals surface area contributed by atoms with E-state index in [2.05, 4.69) is 49.4 Å². The van der Waals surface area contributed by atoms with E-state index in [0.717, 1.165) is 5.56 Å². The van der Waals surface area contributed by atoms with Crippen LogP contribution in [0.3, 0.4) is 0 Å². The van der Waals surface area contributed by atoms with Crippen molar-refractivity contribution in [2.75, 3.05) is 0 Å². The Balaban J connectivity index is 1.39. The lowest BCUT2D eigenvalue weighted by molar-refractivity contribution is 0.471. The Labute approximate surface area is 167 Å². The molecule has 1 aromatic carbocycles. The van der Waals surface area contributed by atoms with Crippen LogP contribution in [0, 0.1) is 0 Å². The van der Waals surface area contributed by atoms with Gasteiger partial charge in [-0.25, -0.2) is 0 Å². The predicted molar refractivity (Wildman–Crippen MR) is 109 cm³/mol.